The van der Waals surface area contributed by atoms with Crippen LogP contribution in [0.25, 0.3) is 5.65 Å². The number of nitrogens with one attached hydrogen (secondary N) is 2. The molecule has 0 aliphatic heterocycles. The molecule has 1 aliphatic carbocycles. The van der Waals surface area contributed by atoms with Crippen molar-refractivity contribution in [2.45, 2.75) is 48.6 Å². The molecule has 8 nitrogen and oxygen atoms in total. The molecular weight excluding hydrogens is 555 g/mol. The molecule has 1 saturated carbocycles. The molecule has 15 heteroatoms. The maximum atomic E-state index is 14.6. The molecule has 2 aromatic heterocycles. The molecule has 38 heavy (non-hydrogen) atoms. The summed E-state index contributed by atoms with van der Waals surface area (Å²) in [7, 11) is -4.12. The number of ether oxygens (including phenoxy) is 1. The predicted molar refractivity (Wildman–Crippen MR) is 128 cm³/mol. The van der Waals surface area contributed by atoms with E-state index in [0.29, 0.717) is 17.6 Å². The van der Waals surface area contributed by atoms with Crippen LogP contribution in [0.15, 0.2) is 35.6 Å². The molecule has 1 aromatic carbocycles. The maximum Gasteiger partial charge on any atom is 0.304 e. The molecule has 0 amide bonds. The quantitative estimate of drug-likeness (QED) is 0.115. The van der Waals surface area contributed by atoms with Gasteiger partial charge in [0.15, 0.2) is 33.9 Å². The number of thiocarbonyl (C=S) groups is 1. The number of sulfonamides is 1. The predicted octanol–water partition coefficient (Wildman–Crippen LogP) is 3.63. The number of halogens is 5. The molecule has 2 heterocycles. The second-order valence-corrected chi connectivity index (χ2v) is 10.8. The van der Waals surface area contributed by atoms with E-state index in [4.69, 9.17) is 17.0 Å². The van der Waals surface area contributed by atoms with Gasteiger partial charge in [0.05, 0.1) is 4.99 Å². The van der Waals surface area contributed by atoms with Crippen molar-refractivity contribution in [1.82, 2.24) is 19.4 Å². The Morgan fingerprint density at radius 3 is 2.26 bits per heavy atom. The van der Waals surface area contributed by atoms with E-state index < -0.39 is 61.1 Å². The normalized spacial score (nSPS) is 21.9. The molecule has 4 rings (SSSR count). The zero-order chi connectivity index (χ0) is 28.0. The zero-order valence-electron chi connectivity index (χ0n) is 19.9. The number of carbonyl (C=O) groups excluding carboxylic acids is 1. The summed E-state index contributed by atoms with van der Waals surface area (Å²) in [5, 5.41) is 2.78. The molecule has 2 unspecified atom stereocenters. The van der Waals surface area contributed by atoms with Crippen LogP contribution in [0.3, 0.4) is 0 Å². The molecule has 204 valence electrons. The molecule has 0 spiro atoms. The summed E-state index contributed by atoms with van der Waals surface area (Å²) in [6.07, 6.45) is 5.23. The standard InChI is InChI=1S/C23H21F5N4O4S2/c1-12(33)36-23(31-38(34,35)20-18(27)16(25)15(24)17(26)19(20)28)8-4-3-7-22(23,21(37)29-2)13-5-6-14-30-9-10-32(14)11-13/h5-6,9-11,31H,3-4,7-8H2,1-2H3,(H,29,37). The summed E-state index contributed by atoms with van der Waals surface area (Å²) >= 11 is 5.61. The van der Waals surface area contributed by atoms with Gasteiger partial charge in [0, 0.05) is 39.0 Å². The highest BCUT2D eigenvalue weighted by Crippen LogP contribution is 2.49. The Morgan fingerprint density at radius 1 is 1.05 bits per heavy atom. The van der Waals surface area contributed by atoms with Crippen molar-refractivity contribution < 1.29 is 39.9 Å². The van der Waals surface area contributed by atoms with Crippen molar-refractivity contribution in [3.05, 3.63) is 65.4 Å². The summed E-state index contributed by atoms with van der Waals surface area (Å²) in [6, 6.07) is 3.17. The lowest BCUT2D eigenvalue weighted by Crippen LogP contribution is -2.70. The van der Waals surface area contributed by atoms with E-state index in [1.807, 2.05) is 4.72 Å². The van der Waals surface area contributed by atoms with Gasteiger partial charge < -0.3 is 14.5 Å². The molecule has 0 saturated heterocycles. The third-order valence-corrected chi connectivity index (χ3v) is 8.62. The smallest absolute Gasteiger partial charge is 0.304 e. The third kappa shape index (κ3) is 4.22. The fourth-order valence-electron chi connectivity index (χ4n) is 5.00. The van der Waals surface area contributed by atoms with Gasteiger partial charge >= 0.3 is 5.97 Å². The molecule has 0 radical (unpaired) electrons. The number of aromatic nitrogens is 2. The number of likely N-dealkylation sites (N-methyl/N-ethyl adjacent to an activating group) is 1. The lowest BCUT2D eigenvalue weighted by molar-refractivity contribution is -0.169. The fraction of sp³-hybridized carbons (Fsp3) is 0.348. The Balaban J connectivity index is 2.02. The number of carbonyl (C=O) groups is 1. The van der Waals surface area contributed by atoms with Gasteiger partial charge in [-0.05, 0) is 24.5 Å². The second kappa shape index (κ2) is 9.85. The van der Waals surface area contributed by atoms with Crippen molar-refractivity contribution in [3.8, 4) is 0 Å². The van der Waals surface area contributed by atoms with E-state index in [9.17, 15) is 35.2 Å². The highest BCUT2D eigenvalue weighted by molar-refractivity contribution is 7.89. The molecule has 2 atom stereocenters. The summed E-state index contributed by atoms with van der Waals surface area (Å²) < 4.78 is 107. The van der Waals surface area contributed by atoms with Gasteiger partial charge in [-0.1, -0.05) is 24.7 Å². The van der Waals surface area contributed by atoms with Crippen LogP contribution in [0, 0.1) is 29.1 Å². The van der Waals surface area contributed by atoms with Crippen LogP contribution in [0.2, 0.25) is 0 Å². The van der Waals surface area contributed by atoms with Crippen LogP contribution < -0.4 is 10.0 Å². The monoisotopic (exact) mass is 576 g/mol. The largest absolute Gasteiger partial charge is 0.442 e. The average Bonchev–Trinajstić information content (AvgIpc) is 3.33. The summed E-state index contributed by atoms with van der Waals surface area (Å²) in [5.41, 5.74) is -3.14. The number of pyridine rings is 1. The van der Waals surface area contributed by atoms with Crippen LogP contribution in [0.4, 0.5) is 22.0 Å². The van der Waals surface area contributed by atoms with Crippen molar-refractivity contribution in [2.75, 3.05) is 7.05 Å². The molecular formula is C23H21F5N4O4S2. The van der Waals surface area contributed by atoms with Crippen LogP contribution in [0.5, 0.6) is 0 Å². The lowest BCUT2D eigenvalue weighted by Gasteiger charge is -2.52. The Bertz CT molecular complexity index is 1540. The highest BCUT2D eigenvalue weighted by atomic mass is 32.2. The topological polar surface area (TPSA) is 102 Å². The molecule has 0 bridgehead atoms. The van der Waals surface area contributed by atoms with Gasteiger partial charge in [-0.3, -0.25) is 4.79 Å². The second-order valence-electron chi connectivity index (χ2n) is 8.73. The van der Waals surface area contributed by atoms with Crippen molar-refractivity contribution in [2.24, 2.45) is 0 Å². The fourth-order valence-corrected chi connectivity index (χ4v) is 6.89. The van der Waals surface area contributed by atoms with Crippen LogP contribution in [0.1, 0.15) is 38.2 Å². The molecule has 2 N–H and O–H groups in total. The number of hydrogen-bond donors (Lipinski definition) is 2. The van der Waals surface area contributed by atoms with Gasteiger partial charge in [-0.2, -0.15) is 4.72 Å². The Hall–Kier alpha value is -3.17. The van der Waals surface area contributed by atoms with Crippen LogP contribution in [-0.4, -0.2) is 41.5 Å². The lowest BCUT2D eigenvalue weighted by atomic mass is 9.63. The minimum atomic E-state index is -5.57. The first-order chi connectivity index (χ1) is 17.8. The van der Waals surface area contributed by atoms with Gasteiger partial charge in [0.1, 0.15) is 11.1 Å². The number of fused-ring (bicyclic) bond motifs is 1. The zero-order valence-corrected chi connectivity index (χ0v) is 21.6. The SMILES string of the molecule is CNC(=S)C1(c2ccc3nccn3c2)CCCCC1(NS(=O)(=O)c1c(F)c(F)c(F)c(F)c1F)OC(C)=O. The number of nitrogens with zero attached hydrogens (tertiary/aromatic N) is 2. The van der Waals surface area contributed by atoms with Gasteiger partial charge in [-0.25, -0.2) is 35.4 Å². The van der Waals surface area contributed by atoms with E-state index in [1.54, 1.807) is 28.9 Å². The van der Waals surface area contributed by atoms with Gasteiger partial charge in [-0.15, -0.1) is 0 Å². The number of imidazole rings is 1. The number of esters is 1. The summed E-state index contributed by atoms with van der Waals surface area (Å²) in [6.45, 7) is 0.981. The minimum absolute atomic E-state index is 0.00183. The van der Waals surface area contributed by atoms with E-state index >= 15 is 0 Å². The molecule has 1 aliphatic rings. The summed E-state index contributed by atoms with van der Waals surface area (Å²) in [4.78, 5) is 14.4. The first-order valence-corrected chi connectivity index (χ1v) is 13.1. The number of hydrogen-bond acceptors (Lipinski definition) is 6. The summed E-state index contributed by atoms with van der Waals surface area (Å²) in [5.74, 6) is -13.5. The highest BCUT2D eigenvalue weighted by Gasteiger charge is 2.61. The number of benzene rings is 1. The first-order valence-electron chi connectivity index (χ1n) is 11.2. The molecule has 1 fully saturated rings. The van der Waals surface area contributed by atoms with Crippen LogP contribution >= 0.6 is 12.2 Å². The van der Waals surface area contributed by atoms with E-state index in [0.717, 1.165) is 6.92 Å². The third-order valence-electron chi connectivity index (χ3n) is 6.57. The van der Waals surface area contributed by atoms with Crippen molar-refractivity contribution >= 4 is 38.8 Å². The van der Waals surface area contributed by atoms with E-state index in [1.165, 1.54) is 13.2 Å². The van der Waals surface area contributed by atoms with Crippen LogP contribution in [-0.2, 0) is 25.0 Å². The van der Waals surface area contributed by atoms with Crippen molar-refractivity contribution in [3.63, 3.8) is 0 Å². The Kier molecular flexibility index (Phi) is 7.22. The first kappa shape index (κ1) is 27.9. The van der Waals surface area contributed by atoms with Gasteiger partial charge in [0.25, 0.3) is 0 Å². The minimum Gasteiger partial charge on any atom is -0.442 e. The van der Waals surface area contributed by atoms with Gasteiger partial charge in [0.2, 0.25) is 15.8 Å². The van der Waals surface area contributed by atoms with Crippen molar-refractivity contribution in [1.29, 1.82) is 0 Å². The maximum absolute atomic E-state index is 14.6. The Morgan fingerprint density at radius 2 is 1.66 bits per heavy atom. The molecule has 3 aromatic rings. The van der Waals surface area contributed by atoms with E-state index in [-0.39, 0.29) is 24.3 Å². The van der Waals surface area contributed by atoms with E-state index in [2.05, 4.69) is 10.3 Å². The average molecular weight is 577 g/mol. The number of rotatable bonds is 6. The Labute approximate surface area is 219 Å².